The molecule has 0 saturated carbocycles. The highest BCUT2D eigenvalue weighted by molar-refractivity contribution is 5.72. The highest BCUT2D eigenvalue weighted by Crippen LogP contribution is 1.60. The van der Waals surface area contributed by atoms with Gasteiger partial charge in [0.05, 0.1) is 7.11 Å². The number of rotatable bonds is 0. The van der Waals surface area contributed by atoms with Gasteiger partial charge in [0.15, 0.2) is 0 Å². The van der Waals surface area contributed by atoms with Gasteiger partial charge in [-0.25, -0.2) is 0 Å². The van der Waals surface area contributed by atoms with Crippen molar-refractivity contribution in [3.8, 4) is 11.8 Å². The molecule has 2 amide bonds. The Morgan fingerprint density at radius 2 is 0.889 bits per heavy atom. The van der Waals surface area contributed by atoms with Gasteiger partial charge in [0, 0.05) is 34.9 Å². The van der Waals surface area contributed by atoms with Crippen LogP contribution >= 0.6 is 0 Å². The molecule has 160 valence electrons. The molecule has 0 spiro atoms. The standard InChI is InChI=1S/C4H8.C4H6.2C3H7NO.C3H6O2.C3H6O/c2*1-3-4-2;2*1-3(5)4-2;1-3(4)5-2;1-3(2)4/h3-4H,1-2H3;1-2H3;2*1-2H3,(H,4,5);1-2H3;1-2H3. The number of carbonyl (C=O) groups is 4. The molecular formula is C20H40N2O5. The van der Waals surface area contributed by atoms with Crippen LogP contribution in [0, 0.1) is 11.8 Å². The van der Waals surface area contributed by atoms with Gasteiger partial charge in [-0.3, -0.25) is 14.4 Å². The molecule has 0 rings (SSSR count). The van der Waals surface area contributed by atoms with Crippen LogP contribution in [0.1, 0.15) is 62.3 Å². The van der Waals surface area contributed by atoms with E-state index < -0.39 is 0 Å². The van der Waals surface area contributed by atoms with Gasteiger partial charge in [-0.2, -0.15) is 0 Å². The van der Waals surface area contributed by atoms with Crippen LogP contribution in [0.25, 0.3) is 0 Å². The maximum Gasteiger partial charge on any atom is 0.302 e. The molecular weight excluding hydrogens is 348 g/mol. The molecule has 27 heavy (non-hydrogen) atoms. The smallest absolute Gasteiger partial charge is 0.302 e. The number of hydrogen-bond donors (Lipinski definition) is 2. The summed E-state index contributed by atoms with van der Waals surface area (Å²) in [6, 6.07) is 0. The fourth-order valence-electron chi connectivity index (χ4n) is 0. The Hall–Kier alpha value is -2.62. The van der Waals surface area contributed by atoms with E-state index in [9.17, 15) is 19.2 Å². The lowest BCUT2D eigenvalue weighted by atomic mass is 10.6. The number of amides is 2. The van der Waals surface area contributed by atoms with Gasteiger partial charge < -0.3 is 20.2 Å². The summed E-state index contributed by atoms with van der Waals surface area (Å²) in [5.74, 6) is 5.29. The number of carbonyl (C=O) groups excluding carboxylic acids is 4. The van der Waals surface area contributed by atoms with Gasteiger partial charge in [-0.1, -0.05) is 12.2 Å². The monoisotopic (exact) mass is 388 g/mol. The molecule has 0 aromatic rings. The summed E-state index contributed by atoms with van der Waals surface area (Å²) in [7, 11) is 4.55. The van der Waals surface area contributed by atoms with E-state index in [1.54, 1.807) is 14.1 Å². The fraction of sp³-hybridized carbons (Fsp3) is 0.600. The molecule has 0 atom stereocenters. The SMILES string of the molecule is CC#CC.CC(C)=O.CC=CC.CNC(C)=O.CNC(C)=O.COC(C)=O. The van der Waals surface area contributed by atoms with Crippen LogP contribution in [0.4, 0.5) is 0 Å². The number of nitrogens with one attached hydrogen (secondary N) is 2. The number of hydrogen-bond acceptors (Lipinski definition) is 5. The highest BCUT2D eigenvalue weighted by Gasteiger charge is 1.75. The summed E-state index contributed by atoms with van der Waals surface area (Å²) in [4.78, 5) is 38.4. The topological polar surface area (TPSA) is 102 Å². The summed E-state index contributed by atoms with van der Waals surface area (Å²) in [6.45, 7) is 15.0. The van der Waals surface area contributed by atoms with E-state index in [-0.39, 0.29) is 23.6 Å². The Kier molecular flexibility index (Phi) is 63.8. The second kappa shape index (κ2) is 43.6. The van der Waals surface area contributed by atoms with E-state index in [1.807, 2.05) is 39.8 Å². The third kappa shape index (κ3) is 369. The van der Waals surface area contributed by atoms with Crippen LogP contribution < -0.4 is 10.6 Å². The van der Waals surface area contributed by atoms with Gasteiger partial charge in [0.25, 0.3) is 0 Å². The predicted molar refractivity (Wildman–Crippen MR) is 113 cm³/mol. The lowest BCUT2D eigenvalue weighted by Gasteiger charge is -1.80. The Morgan fingerprint density at radius 3 is 0.889 bits per heavy atom. The lowest BCUT2D eigenvalue weighted by Crippen LogP contribution is -2.11. The van der Waals surface area contributed by atoms with Crippen molar-refractivity contribution in [2.45, 2.75) is 62.3 Å². The number of ether oxygens (including phenoxy) is 1. The quantitative estimate of drug-likeness (QED) is 0.377. The molecule has 0 bridgehead atoms. The zero-order chi connectivity index (χ0) is 23.3. The maximum atomic E-state index is 9.70. The van der Waals surface area contributed by atoms with Crippen molar-refractivity contribution in [2.24, 2.45) is 0 Å². The Morgan fingerprint density at radius 1 is 0.741 bits per heavy atom. The van der Waals surface area contributed by atoms with Gasteiger partial charge in [-0.05, 0) is 41.5 Å². The molecule has 2 N–H and O–H groups in total. The minimum absolute atomic E-state index is 0.00463. The Labute approximate surface area is 166 Å². The van der Waals surface area contributed by atoms with Crippen molar-refractivity contribution in [1.29, 1.82) is 0 Å². The first-order valence-corrected chi connectivity index (χ1v) is 8.17. The van der Waals surface area contributed by atoms with Gasteiger partial charge in [0.1, 0.15) is 5.78 Å². The molecule has 0 radical (unpaired) electrons. The minimum Gasteiger partial charge on any atom is -0.469 e. The van der Waals surface area contributed by atoms with Gasteiger partial charge in [-0.15, -0.1) is 11.8 Å². The second-order valence-corrected chi connectivity index (χ2v) is 4.38. The van der Waals surface area contributed by atoms with E-state index in [4.69, 9.17) is 0 Å². The molecule has 0 aromatic heterocycles. The molecule has 0 aliphatic carbocycles. The first kappa shape index (κ1) is 39.4. The van der Waals surface area contributed by atoms with E-state index in [0.717, 1.165) is 0 Å². The second-order valence-electron chi connectivity index (χ2n) is 4.38. The molecule has 0 saturated heterocycles. The molecule has 0 unspecified atom stereocenters. The number of ketones is 1. The number of allylic oxidation sites excluding steroid dienone is 2. The number of methoxy groups -OCH3 is 1. The maximum absolute atomic E-state index is 9.70. The number of esters is 1. The van der Waals surface area contributed by atoms with Crippen molar-refractivity contribution in [3.05, 3.63) is 12.2 Å². The molecule has 0 aliphatic rings. The van der Waals surface area contributed by atoms with Crippen LogP contribution in [0.2, 0.25) is 0 Å². The van der Waals surface area contributed by atoms with Crippen molar-refractivity contribution in [1.82, 2.24) is 10.6 Å². The van der Waals surface area contributed by atoms with Crippen molar-refractivity contribution >= 4 is 23.6 Å². The summed E-state index contributed by atoms with van der Waals surface area (Å²) in [6.07, 6.45) is 4.00. The predicted octanol–water partition coefficient (Wildman–Crippen LogP) is 2.89. The van der Waals surface area contributed by atoms with E-state index in [2.05, 4.69) is 27.2 Å². The average molecular weight is 389 g/mol. The highest BCUT2D eigenvalue weighted by atomic mass is 16.5. The zero-order valence-corrected chi connectivity index (χ0v) is 19.2. The van der Waals surface area contributed by atoms with Gasteiger partial charge >= 0.3 is 5.97 Å². The van der Waals surface area contributed by atoms with Crippen molar-refractivity contribution < 1.29 is 23.9 Å². The molecule has 7 heteroatoms. The zero-order valence-electron chi connectivity index (χ0n) is 19.2. The molecule has 0 fully saturated rings. The van der Waals surface area contributed by atoms with Crippen LogP contribution in [0.3, 0.4) is 0 Å². The lowest BCUT2D eigenvalue weighted by molar-refractivity contribution is -0.138. The van der Waals surface area contributed by atoms with Crippen molar-refractivity contribution in [3.63, 3.8) is 0 Å². The number of Topliss-reactive ketones (excluding diaryl/α,β-unsaturated/α-hetero) is 1. The average Bonchev–Trinajstić information content (AvgIpc) is 2.62. The molecule has 0 aliphatic heterocycles. The summed E-state index contributed by atoms with van der Waals surface area (Å²) in [5.41, 5.74) is 0. The van der Waals surface area contributed by atoms with E-state index in [1.165, 1.54) is 41.7 Å². The molecule has 0 heterocycles. The van der Waals surface area contributed by atoms with Crippen LogP contribution in [0.5, 0.6) is 0 Å². The summed E-state index contributed by atoms with van der Waals surface area (Å²) in [5, 5.41) is 4.78. The van der Waals surface area contributed by atoms with E-state index in [0.29, 0.717) is 0 Å². The van der Waals surface area contributed by atoms with Gasteiger partial charge in [0.2, 0.25) is 11.8 Å². The van der Waals surface area contributed by atoms with Crippen LogP contribution in [0.15, 0.2) is 12.2 Å². The van der Waals surface area contributed by atoms with Crippen LogP contribution in [-0.2, 0) is 23.9 Å². The summed E-state index contributed by atoms with van der Waals surface area (Å²) < 4.78 is 4.11. The van der Waals surface area contributed by atoms with Crippen LogP contribution in [-0.4, -0.2) is 44.8 Å². The third-order valence-electron chi connectivity index (χ3n) is 1.57. The van der Waals surface area contributed by atoms with Crippen molar-refractivity contribution in [2.75, 3.05) is 21.2 Å². The van der Waals surface area contributed by atoms with E-state index >= 15 is 0 Å². The first-order valence-electron chi connectivity index (χ1n) is 8.17. The molecule has 7 nitrogen and oxygen atoms in total. The largest absolute Gasteiger partial charge is 0.469 e. The first-order chi connectivity index (χ1) is 12.4. The minimum atomic E-state index is -0.245. The molecule has 0 aromatic carbocycles. The Balaban J connectivity index is -0.0000000492. The normalized spacial score (nSPS) is 6.67. The fourth-order valence-corrected chi connectivity index (χ4v) is 0. The third-order valence-corrected chi connectivity index (χ3v) is 1.57. The summed E-state index contributed by atoms with van der Waals surface area (Å²) >= 11 is 0. The Bertz CT molecular complexity index is 386.